The van der Waals surface area contributed by atoms with Gasteiger partial charge in [0, 0.05) is 24.1 Å². The molecule has 0 saturated heterocycles. The molecular weight excluding hydrogens is 291 g/mol. The van der Waals surface area contributed by atoms with Gasteiger partial charge in [-0.3, -0.25) is 0 Å². The molecule has 1 aromatic heterocycles. The number of aromatic nitrogens is 1. The molecule has 0 saturated carbocycles. The van der Waals surface area contributed by atoms with Gasteiger partial charge >= 0.3 is 0 Å². The van der Waals surface area contributed by atoms with Crippen molar-refractivity contribution < 1.29 is 0 Å². The standard InChI is InChI=1S/C13H11Cl3N2/c14-13(15,16)12-11-6-3-7-18(11)10-5-2-1-4-9(10)8-17-12/h1-7,12,17H,8H2. The molecular formula is C13H11Cl3N2. The van der Waals surface area contributed by atoms with E-state index in [0.29, 0.717) is 6.54 Å². The minimum Gasteiger partial charge on any atom is -0.319 e. The van der Waals surface area contributed by atoms with Gasteiger partial charge in [-0.25, -0.2) is 0 Å². The third-order valence-electron chi connectivity index (χ3n) is 3.15. The number of halogens is 3. The molecule has 0 aliphatic carbocycles. The number of hydrogen-bond donors (Lipinski definition) is 1. The molecule has 1 unspecified atom stereocenters. The lowest BCUT2D eigenvalue weighted by Gasteiger charge is -2.24. The van der Waals surface area contributed by atoms with Gasteiger partial charge in [0.1, 0.15) is 0 Å². The largest absolute Gasteiger partial charge is 0.319 e. The quantitative estimate of drug-likeness (QED) is 0.728. The van der Waals surface area contributed by atoms with E-state index in [1.807, 2.05) is 30.5 Å². The van der Waals surface area contributed by atoms with E-state index in [0.717, 1.165) is 11.4 Å². The second kappa shape index (κ2) is 4.46. The summed E-state index contributed by atoms with van der Waals surface area (Å²) >= 11 is 18.2. The molecule has 3 rings (SSSR count). The molecule has 2 nitrogen and oxygen atoms in total. The first kappa shape index (κ1) is 12.4. The zero-order valence-electron chi connectivity index (χ0n) is 9.41. The highest BCUT2D eigenvalue weighted by molar-refractivity contribution is 6.68. The molecule has 1 aromatic carbocycles. The van der Waals surface area contributed by atoms with Crippen molar-refractivity contribution in [1.29, 1.82) is 0 Å². The smallest absolute Gasteiger partial charge is 0.211 e. The van der Waals surface area contributed by atoms with Crippen LogP contribution in [0.15, 0.2) is 42.6 Å². The normalized spacial score (nSPS) is 18.9. The number of alkyl halides is 3. The first-order chi connectivity index (χ1) is 8.57. The van der Waals surface area contributed by atoms with Crippen molar-refractivity contribution in [2.75, 3.05) is 0 Å². The number of fused-ring (bicyclic) bond motifs is 3. The molecule has 0 amide bonds. The van der Waals surface area contributed by atoms with Crippen LogP contribution in [0.1, 0.15) is 17.3 Å². The highest BCUT2D eigenvalue weighted by Gasteiger charge is 2.37. The van der Waals surface area contributed by atoms with Gasteiger partial charge < -0.3 is 9.88 Å². The molecule has 0 radical (unpaired) electrons. The molecule has 0 spiro atoms. The number of hydrogen-bond acceptors (Lipinski definition) is 1. The van der Waals surface area contributed by atoms with Gasteiger partial charge in [0.05, 0.1) is 6.04 Å². The average molecular weight is 302 g/mol. The summed E-state index contributed by atoms with van der Waals surface area (Å²) in [5.74, 6) is 0. The minimum absolute atomic E-state index is 0.329. The van der Waals surface area contributed by atoms with Crippen LogP contribution >= 0.6 is 34.8 Å². The monoisotopic (exact) mass is 300 g/mol. The molecule has 0 fully saturated rings. The predicted octanol–water partition coefficient (Wildman–Crippen LogP) is 3.99. The number of nitrogens with one attached hydrogen (secondary N) is 1. The van der Waals surface area contributed by atoms with Crippen LogP contribution in [0.25, 0.3) is 5.69 Å². The van der Waals surface area contributed by atoms with Crippen LogP contribution in [0.2, 0.25) is 0 Å². The fourth-order valence-corrected chi connectivity index (χ4v) is 2.91. The summed E-state index contributed by atoms with van der Waals surface area (Å²) in [7, 11) is 0. The van der Waals surface area contributed by atoms with Gasteiger partial charge in [-0.15, -0.1) is 0 Å². The van der Waals surface area contributed by atoms with E-state index in [9.17, 15) is 0 Å². The van der Waals surface area contributed by atoms with E-state index in [4.69, 9.17) is 34.8 Å². The molecule has 1 atom stereocenters. The van der Waals surface area contributed by atoms with Crippen LogP contribution in [0, 0.1) is 0 Å². The van der Waals surface area contributed by atoms with Crippen molar-refractivity contribution in [3.8, 4) is 5.69 Å². The Morgan fingerprint density at radius 3 is 2.67 bits per heavy atom. The maximum Gasteiger partial charge on any atom is 0.211 e. The SMILES string of the molecule is ClC(Cl)(Cl)C1NCc2ccccc2-n2cccc21. The van der Waals surface area contributed by atoms with E-state index in [1.54, 1.807) is 0 Å². The Labute approximate surface area is 120 Å². The van der Waals surface area contributed by atoms with E-state index in [1.165, 1.54) is 5.56 Å². The van der Waals surface area contributed by atoms with Crippen molar-refractivity contribution in [2.24, 2.45) is 0 Å². The third kappa shape index (κ3) is 2.04. The third-order valence-corrected chi connectivity index (χ3v) is 3.81. The fourth-order valence-electron chi connectivity index (χ4n) is 2.34. The van der Waals surface area contributed by atoms with Gasteiger partial charge in [0.15, 0.2) is 0 Å². The maximum absolute atomic E-state index is 6.07. The van der Waals surface area contributed by atoms with Gasteiger partial charge in [-0.05, 0) is 23.8 Å². The fraction of sp³-hybridized carbons (Fsp3) is 0.231. The highest BCUT2D eigenvalue weighted by Crippen LogP contribution is 2.42. The van der Waals surface area contributed by atoms with Crippen LogP contribution in [0.4, 0.5) is 0 Å². The summed E-state index contributed by atoms with van der Waals surface area (Å²) in [6.07, 6.45) is 1.99. The van der Waals surface area contributed by atoms with Crippen molar-refractivity contribution in [3.05, 3.63) is 53.9 Å². The number of benzene rings is 1. The lowest BCUT2D eigenvalue weighted by Crippen LogP contribution is -2.31. The summed E-state index contributed by atoms with van der Waals surface area (Å²) in [6.45, 7) is 0.677. The van der Waals surface area contributed by atoms with E-state index >= 15 is 0 Å². The minimum atomic E-state index is -1.38. The van der Waals surface area contributed by atoms with E-state index < -0.39 is 3.79 Å². The first-order valence-electron chi connectivity index (χ1n) is 5.63. The second-order valence-electron chi connectivity index (χ2n) is 4.29. The maximum atomic E-state index is 6.07. The van der Waals surface area contributed by atoms with Crippen LogP contribution in [-0.4, -0.2) is 8.36 Å². The van der Waals surface area contributed by atoms with Crippen molar-refractivity contribution >= 4 is 34.8 Å². The molecule has 2 heterocycles. The number of para-hydroxylation sites is 1. The Morgan fingerprint density at radius 1 is 1.11 bits per heavy atom. The summed E-state index contributed by atoms with van der Waals surface area (Å²) in [6, 6.07) is 11.8. The second-order valence-corrected chi connectivity index (χ2v) is 6.66. The van der Waals surface area contributed by atoms with Crippen molar-refractivity contribution in [1.82, 2.24) is 9.88 Å². The van der Waals surface area contributed by atoms with E-state index in [2.05, 4.69) is 22.0 Å². The molecule has 18 heavy (non-hydrogen) atoms. The van der Waals surface area contributed by atoms with Crippen LogP contribution < -0.4 is 5.32 Å². The molecule has 0 bridgehead atoms. The lowest BCUT2D eigenvalue weighted by molar-refractivity contribution is 0.535. The van der Waals surface area contributed by atoms with E-state index in [-0.39, 0.29) is 6.04 Å². The summed E-state index contributed by atoms with van der Waals surface area (Å²) < 4.78 is 0.694. The van der Waals surface area contributed by atoms with Crippen LogP contribution in [0.5, 0.6) is 0 Å². The number of rotatable bonds is 0. The molecule has 1 N–H and O–H groups in total. The Balaban J connectivity index is 2.18. The lowest BCUT2D eigenvalue weighted by atomic mass is 10.2. The van der Waals surface area contributed by atoms with Gasteiger partial charge in [-0.1, -0.05) is 53.0 Å². The number of nitrogens with zero attached hydrogens (tertiary/aromatic N) is 1. The average Bonchev–Trinajstić information content (AvgIpc) is 2.71. The predicted molar refractivity (Wildman–Crippen MR) is 75.6 cm³/mol. The van der Waals surface area contributed by atoms with Gasteiger partial charge in [-0.2, -0.15) is 0 Å². The van der Waals surface area contributed by atoms with Crippen molar-refractivity contribution in [3.63, 3.8) is 0 Å². The molecule has 1 aliphatic heterocycles. The van der Waals surface area contributed by atoms with Crippen molar-refractivity contribution in [2.45, 2.75) is 16.4 Å². The molecule has 5 heteroatoms. The Hall–Kier alpha value is -0.670. The molecule has 94 valence electrons. The van der Waals surface area contributed by atoms with Crippen LogP contribution in [0.3, 0.4) is 0 Å². The summed E-state index contributed by atoms with van der Waals surface area (Å²) in [5, 5.41) is 3.30. The Kier molecular flexibility index (Phi) is 3.07. The summed E-state index contributed by atoms with van der Waals surface area (Å²) in [5.41, 5.74) is 3.27. The molecule has 1 aliphatic rings. The van der Waals surface area contributed by atoms with Crippen LogP contribution in [-0.2, 0) is 6.54 Å². The highest BCUT2D eigenvalue weighted by atomic mass is 35.6. The zero-order chi connectivity index (χ0) is 12.8. The zero-order valence-corrected chi connectivity index (χ0v) is 11.7. The topological polar surface area (TPSA) is 17.0 Å². The Morgan fingerprint density at radius 2 is 1.89 bits per heavy atom. The van der Waals surface area contributed by atoms with Gasteiger partial charge in [0.2, 0.25) is 3.79 Å². The molecule has 2 aromatic rings. The first-order valence-corrected chi connectivity index (χ1v) is 6.76. The summed E-state index contributed by atoms with van der Waals surface area (Å²) in [4.78, 5) is 0. The van der Waals surface area contributed by atoms with Gasteiger partial charge in [0.25, 0.3) is 0 Å². The Bertz CT molecular complexity index is 572.